The third-order valence-electron chi connectivity index (χ3n) is 2.49. The van der Waals surface area contributed by atoms with Crippen molar-refractivity contribution in [2.75, 3.05) is 12.1 Å². The lowest BCUT2D eigenvalue weighted by Crippen LogP contribution is -2.21. The van der Waals surface area contributed by atoms with Crippen molar-refractivity contribution in [2.24, 2.45) is 5.10 Å². The second kappa shape index (κ2) is 5.77. The smallest absolute Gasteiger partial charge is 0.358 e. The van der Waals surface area contributed by atoms with E-state index in [2.05, 4.69) is 10.1 Å². The molecule has 0 saturated carbocycles. The number of pyridine rings is 1. The van der Waals surface area contributed by atoms with Crippen LogP contribution >= 0.6 is 0 Å². The Balaban J connectivity index is 2.35. The summed E-state index contributed by atoms with van der Waals surface area (Å²) < 4.78 is 0. The molecule has 0 aliphatic carbocycles. The Kier molecular flexibility index (Phi) is 3.87. The van der Waals surface area contributed by atoms with Gasteiger partial charge in [0, 0.05) is 13.2 Å². The van der Waals surface area contributed by atoms with Gasteiger partial charge in [0.2, 0.25) is 0 Å². The van der Waals surface area contributed by atoms with Crippen LogP contribution in [0.15, 0.2) is 59.8 Å². The summed E-state index contributed by atoms with van der Waals surface area (Å²) in [6.45, 7) is 0. The number of hydrogen-bond donors (Lipinski definition) is 1. The first kappa shape index (κ1) is 12.8. The molecule has 0 saturated heterocycles. The van der Waals surface area contributed by atoms with E-state index in [1.807, 2.05) is 30.3 Å². The standard InChI is InChI=1S/C14H13N3O2/c1-17(11-7-3-2-4-8-11)16-13(14(18)19)12-9-5-6-10-15-12/h2-10H,1H3,(H,18,19)/b16-13-. The third kappa shape index (κ3) is 3.16. The van der Waals surface area contributed by atoms with Crippen molar-refractivity contribution in [2.45, 2.75) is 0 Å². The van der Waals surface area contributed by atoms with Crippen LogP contribution in [0.5, 0.6) is 0 Å². The molecule has 5 nitrogen and oxygen atoms in total. The number of anilines is 1. The van der Waals surface area contributed by atoms with Crippen molar-refractivity contribution < 1.29 is 9.90 Å². The minimum Gasteiger partial charge on any atom is -0.476 e. The van der Waals surface area contributed by atoms with Gasteiger partial charge in [-0.15, -0.1) is 0 Å². The second-order valence-corrected chi connectivity index (χ2v) is 3.83. The summed E-state index contributed by atoms with van der Waals surface area (Å²) in [6.07, 6.45) is 1.54. The van der Waals surface area contributed by atoms with Crippen LogP contribution in [0.2, 0.25) is 0 Å². The summed E-state index contributed by atoms with van der Waals surface area (Å²) in [7, 11) is 1.70. The average Bonchev–Trinajstić information content (AvgIpc) is 2.46. The van der Waals surface area contributed by atoms with Crippen LogP contribution in [0.25, 0.3) is 0 Å². The molecule has 0 bridgehead atoms. The Morgan fingerprint density at radius 2 is 1.84 bits per heavy atom. The maximum absolute atomic E-state index is 11.3. The zero-order valence-electron chi connectivity index (χ0n) is 10.4. The molecular weight excluding hydrogens is 242 g/mol. The van der Waals surface area contributed by atoms with E-state index in [4.69, 9.17) is 0 Å². The summed E-state index contributed by atoms with van der Waals surface area (Å²) in [6, 6.07) is 14.4. The van der Waals surface area contributed by atoms with Gasteiger partial charge in [-0.3, -0.25) is 9.99 Å². The summed E-state index contributed by atoms with van der Waals surface area (Å²) in [5.41, 5.74) is 1.04. The molecule has 0 spiro atoms. The van der Waals surface area contributed by atoms with Crippen molar-refractivity contribution >= 4 is 17.4 Å². The van der Waals surface area contributed by atoms with Crippen molar-refractivity contribution in [3.05, 3.63) is 60.4 Å². The van der Waals surface area contributed by atoms with E-state index in [1.165, 1.54) is 11.2 Å². The lowest BCUT2D eigenvalue weighted by molar-refractivity contribution is -0.129. The van der Waals surface area contributed by atoms with E-state index in [1.54, 1.807) is 25.2 Å². The molecule has 0 radical (unpaired) electrons. The first-order chi connectivity index (χ1) is 9.18. The number of carboxylic acid groups (broad SMARTS) is 1. The predicted octanol–water partition coefficient (Wildman–Crippen LogP) is 2.01. The van der Waals surface area contributed by atoms with Gasteiger partial charge in [0.1, 0.15) is 0 Å². The van der Waals surface area contributed by atoms with Gasteiger partial charge in [-0.2, -0.15) is 5.10 Å². The van der Waals surface area contributed by atoms with Gasteiger partial charge in [-0.05, 0) is 24.3 Å². The lowest BCUT2D eigenvalue weighted by atomic mass is 10.2. The monoisotopic (exact) mass is 255 g/mol. The molecule has 1 heterocycles. The van der Waals surface area contributed by atoms with Gasteiger partial charge < -0.3 is 5.11 Å². The molecule has 0 aliphatic rings. The number of hydrogen-bond acceptors (Lipinski definition) is 4. The number of aromatic nitrogens is 1. The van der Waals surface area contributed by atoms with Gasteiger partial charge >= 0.3 is 5.97 Å². The zero-order chi connectivity index (χ0) is 13.7. The molecule has 1 aromatic carbocycles. The molecule has 0 amide bonds. The van der Waals surface area contributed by atoms with E-state index in [0.29, 0.717) is 5.69 Å². The largest absolute Gasteiger partial charge is 0.476 e. The van der Waals surface area contributed by atoms with E-state index >= 15 is 0 Å². The first-order valence-electron chi connectivity index (χ1n) is 5.70. The number of carboxylic acids is 1. The van der Waals surface area contributed by atoms with Crippen LogP contribution < -0.4 is 5.01 Å². The van der Waals surface area contributed by atoms with Crippen molar-refractivity contribution in [3.63, 3.8) is 0 Å². The molecule has 0 unspecified atom stereocenters. The lowest BCUT2D eigenvalue weighted by Gasteiger charge is -2.14. The summed E-state index contributed by atoms with van der Waals surface area (Å²) in [5.74, 6) is -1.11. The highest BCUT2D eigenvalue weighted by atomic mass is 16.4. The van der Waals surface area contributed by atoms with Gasteiger partial charge in [-0.1, -0.05) is 24.3 Å². The molecule has 0 aliphatic heterocycles. The van der Waals surface area contributed by atoms with Gasteiger partial charge in [0.05, 0.1) is 11.4 Å². The molecule has 2 rings (SSSR count). The molecule has 19 heavy (non-hydrogen) atoms. The van der Waals surface area contributed by atoms with Crippen molar-refractivity contribution in [1.29, 1.82) is 0 Å². The molecule has 1 aromatic heterocycles. The quantitative estimate of drug-likeness (QED) is 0.670. The maximum Gasteiger partial charge on any atom is 0.358 e. The van der Waals surface area contributed by atoms with E-state index in [0.717, 1.165) is 5.69 Å². The minimum atomic E-state index is -1.11. The number of carbonyl (C=O) groups is 1. The normalized spacial score (nSPS) is 11.1. The minimum absolute atomic E-state index is 0.0908. The summed E-state index contributed by atoms with van der Waals surface area (Å²) >= 11 is 0. The van der Waals surface area contributed by atoms with E-state index in [9.17, 15) is 9.90 Å². The molecule has 0 fully saturated rings. The zero-order valence-corrected chi connectivity index (χ0v) is 10.4. The average molecular weight is 255 g/mol. The summed E-state index contributed by atoms with van der Waals surface area (Å²) in [5, 5.41) is 14.8. The Morgan fingerprint density at radius 1 is 1.16 bits per heavy atom. The number of para-hydroxylation sites is 1. The SMILES string of the molecule is CN(/N=C(\C(=O)O)c1ccccn1)c1ccccc1. The van der Waals surface area contributed by atoms with Crippen molar-refractivity contribution in [1.82, 2.24) is 4.98 Å². The van der Waals surface area contributed by atoms with Crippen LogP contribution in [0.3, 0.4) is 0 Å². The van der Waals surface area contributed by atoms with Gasteiger partial charge in [0.15, 0.2) is 5.71 Å². The van der Waals surface area contributed by atoms with Crippen LogP contribution in [0.4, 0.5) is 5.69 Å². The van der Waals surface area contributed by atoms with Crippen LogP contribution in [0, 0.1) is 0 Å². The highest BCUT2D eigenvalue weighted by Gasteiger charge is 2.15. The van der Waals surface area contributed by atoms with Gasteiger partial charge in [0.25, 0.3) is 0 Å². The van der Waals surface area contributed by atoms with Crippen molar-refractivity contribution in [3.8, 4) is 0 Å². The van der Waals surface area contributed by atoms with Crippen LogP contribution in [0.1, 0.15) is 5.69 Å². The Labute approximate surface area is 110 Å². The summed E-state index contributed by atoms with van der Waals surface area (Å²) in [4.78, 5) is 15.3. The Bertz CT molecular complexity index is 582. The fraction of sp³-hybridized carbons (Fsp3) is 0.0714. The van der Waals surface area contributed by atoms with Crippen LogP contribution in [-0.2, 0) is 4.79 Å². The fourth-order valence-corrected chi connectivity index (χ4v) is 1.56. The second-order valence-electron chi connectivity index (χ2n) is 3.83. The van der Waals surface area contributed by atoms with Crippen LogP contribution in [-0.4, -0.2) is 28.8 Å². The fourth-order valence-electron chi connectivity index (χ4n) is 1.56. The highest BCUT2D eigenvalue weighted by Crippen LogP contribution is 2.12. The molecule has 2 aromatic rings. The number of aliphatic carboxylic acids is 1. The number of rotatable bonds is 4. The molecule has 0 atom stereocenters. The van der Waals surface area contributed by atoms with Gasteiger partial charge in [-0.25, -0.2) is 4.79 Å². The number of nitrogens with zero attached hydrogens (tertiary/aromatic N) is 3. The van der Waals surface area contributed by atoms with E-state index in [-0.39, 0.29) is 5.71 Å². The topological polar surface area (TPSA) is 65.8 Å². The number of hydrazone groups is 1. The molecule has 96 valence electrons. The third-order valence-corrected chi connectivity index (χ3v) is 2.49. The number of benzene rings is 1. The molecule has 1 N–H and O–H groups in total. The molecule has 5 heteroatoms. The highest BCUT2D eigenvalue weighted by molar-refractivity contribution is 6.42. The maximum atomic E-state index is 11.3. The van der Waals surface area contributed by atoms with E-state index < -0.39 is 5.97 Å². The Hall–Kier alpha value is -2.69. The predicted molar refractivity (Wildman–Crippen MR) is 73.3 cm³/mol. The molecular formula is C14H13N3O2. The Morgan fingerprint density at radius 3 is 2.42 bits per heavy atom. The first-order valence-corrected chi connectivity index (χ1v) is 5.70.